The number of hydrogen-bond donors (Lipinski definition) is 2. The van der Waals surface area contributed by atoms with Crippen LogP contribution in [0.4, 0.5) is 0 Å². The van der Waals surface area contributed by atoms with Gasteiger partial charge in [-0.05, 0) is 44.1 Å². The highest BCUT2D eigenvalue weighted by atomic mass is 32.1. The summed E-state index contributed by atoms with van der Waals surface area (Å²) in [5.74, 6) is 1.54. The van der Waals surface area contributed by atoms with E-state index < -0.39 is 0 Å². The maximum atomic E-state index is 12.5. The van der Waals surface area contributed by atoms with Crippen molar-refractivity contribution in [2.24, 2.45) is 5.92 Å². The monoisotopic (exact) mass is 320 g/mol. The van der Waals surface area contributed by atoms with Crippen LogP contribution in [0.5, 0.6) is 0 Å². The van der Waals surface area contributed by atoms with E-state index in [0.717, 1.165) is 41.3 Å². The summed E-state index contributed by atoms with van der Waals surface area (Å²) in [6.07, 6.45) is 5.70. The average molecular weight is 320 g/mol. The van der Waals surface area contributed by atoms with Crippen molar-refractivity contribution in [1.82, 2.24) is 9.97 Å². The Kier molecular flexibility index (Phi) is 4.64. The first-order valence-electron chi connectivity index (χ1n) is 8.48. The lowest BCUT2D eigenvalue weighted by atomic mass is 9.89. The van der Waals surface area contributed by atoms with E-state index in [1.807, 2.05) is 0 Å². The van der Waals surface area contributed by atoms with E-state index in [-0.39, 0.29) is 11.6 Å². The number of hydrogen-bond acceptors (Lipinski definition) is 3. The van der Waals surface area contributed by atoms with E-state index in [9.17, 15) is 4.79 Å². The van der Waals surface area contributed by atoms with Gasteiger partial charge in [0.05, 0.1) is 11.9 Å². The van der Waals surface area contributed by atoms with Crippen LogP contribution < -0.4 is 10.9 Å². The van der Waals surface area contributed by atoms with E-state index in [0.29, 0.717) is 0 Å². The zero-order chi connectivity index (χ0) is 15.7. The number of nitrogens with one attached hydrogen (secondary N) is 1. The Morgan fingerprint density at radius 3 is 3.09 bits per heavy atom. The third kappa shape index (κ3) is 2.97. The molecule has 0 saturated heterocycles. The Balaban J connectivity index is 1.94. The number of aryl methyl sites for hydroxylation is 1. The van der Waals surface area contributed by atoms with Gasteiger partial charge in [-0.2, -0.15) is 0 Å². The number of nitrogens with two attached hydrogens (primary N) is 1. The average Bonchev–Trinajstić information content (AvgIpc) is 2.84. The highest BCUT2D eigenvalue weighted by Crippen LogP contribution is 2.35. The fraction of sp³-hybridized carbons (Fsp3) is 0.647. The molecule has 4 nitrogen and oxygen atoms in total. The lowest BCUT2D eigenvalue weighted by Gasteiger charge is -2.17. The molecule has 0 spiro atoms. The largest absolute Gasteiger partial charge is 0.338 e. The molecule has 2 atom stereocenters. The van der Waals surface area contributed by atoms with E-state index in [4.69, 9.17) is 4.98 Å². The quantitative estimate of drug-likeness (QED) is 0.832. The van der Waals surface area contributed by atoms with E-state index >= 15 is 0 Å². The summed E-state index contributed by atoms with van der Waals surface area (Å²) in [5.41, 5.74) is 1.32. The normalized spacial score (nSPS) is 19.3. The van der Waals surface area contributed by atoms with Gasteiger partial charge >= 0.3 is 0 Å². The first-order chi connectivity index (χ1) is 10.6. The number of rotatable bonds is 5. The smallest absolute Gasteiger partial charge is 0.260 e. The summed E-state index contributed by atoms with van der Waals surface area (Å²) >= 11 is 1.73. The fourth-order valence-electron chi connectivity index (χ4n) is 3.26. The van der Waals surface area contributed by atoms with Gasteiger partial charge in [0.2, 0.25) is 0 Å². The van der Waals surface area contributed by atoms with Gasteiger partial charge in [-0.25, -0.2) is 4.98 Å². The van der Waals surface area contributed by atoms with Gasteiger partial charge in [-0.3, -0.25) is 4.79 Å². The second-order valence-electron chi connectivity index (χ2n) is 6.65. The molecule has 2 aromatic rings. The van der Waals surface area contributed by atoms with E-state index in [2.05, 4.69) is 31.1 Å². The topological polar surface area (TPSA) is 62.4 Å². The molecule has 0 aromatic carbocycles. The molecule has 5 heteroatoms. The highest BCUT2D eigenvalue weighted by molar-refractivity contribution is 7.18. The third-order valence-electron chi connectivity index (χ3n) is 4.69. The predicted octanol–water partition coefficient (Wildman–Crippen LogP) is 2.53. The Labute approximate surface area is 135 Å². The fourth-order valence-corrected chi connectivity index (χ4v) is 4.66. The number of quaternary nitrogens is 1. The van der Waals surface area contributed by atoms with Gasteiger partial charge in [0.25, 0.3) is 5.56 Å². The maximum absolute atomic E-state index is 12.5. The number of aromatic nitrogens is 2. The van der Waals surface area contributed by atoms with Gasteiger partial charge < -0.3 is 10.3 Å². The van der Waals surface area contributed by atoms with Gasteiger partial charge in [0.1, 0.15) is 10.9 Å². The molecule has 3 N–H and O–H groups in total. The minimum absolute atomic E-state index is 0.0581. The minimum Gasteiger partial charge on any atom is -0.338 e. The summed E-state index contributed by atoms with van der Waals surface area (Å²) in [4.78, 5) is 22.7. The van der Waals surface area contributed by atoms with Crippen molar-refractivity contribution in [3.63, 3.8) is 0 Å². The number of nitrogens with zero attached hydrogens (tertiary/aromatic N) is 1. The van der Waals surface area contributed by atoms with Crippen LogP contribution >= 0.6 is 11.3 Å². The van der Waals surface area contributed by atoms with Crippen molar-refractivity contribution in [3.05, 3.63) is 26.6 Å². The van der Waals surface area contributed by atoms with Gasteiger partial charge in [0.15, 0.2) is 5.82 Å². The molecule has 0 unspecified atom stereocenters. The second kappa shape index (κ2) is 6.50. The number of fused-ring (bicyclic) bond motifs is 3. The standard InChI is InChI=1S/C17H25N3OS/c1-4-5-8-18-11(3)15-19-16(21)14-12-7-6-10(2)9-13(12)22-17(14)20-15/h10-11,18H,4-9H2,1-3H3,(H,19,20,21)/p+1/t10-,11+/m0/s1. The SMILES string of the molecule is CCCC[NH2+][C@H](C)c1nc2sc3c(c2c(=O)[nH]1)CC[C@H](C)C3. The summed E-state index contributed by atoms with van der Waals surface area (Å²) in [7, 11) is 0. The number of thiophene rings is 1. The molecule has 22 heavy (non-hydrogen) atoms. The lowest BCUT2D eigenvalue weighted by molar-refractivity contribution is -0.694. The molecule has 0 amide bonds. The predicted molar refractivity (Wildman–Crippen MR) is 91.5 cm³/mol. The van der Waals surface area contributed by atoms with E-state index in [1.54, 1.807) is 11.3 Å². The molecule has 2 aromatic heterocycles. The molecule has 0 saturated carbocycles. The number of H-pyrrole nitrogens is 1. The van der Waals surface area contributed by atoms with Crippen molar-refractivity contribution >= 4 is 21.6 Å². The van der Waals surface area contributed by atoms with Crippen molar-refractivity contribution < 1.29 is 5.32 Å². The van der Waals surface area contributed by atoms with Crippen LogP contribution in [-0.2, 0) is 12.8 Å². The van der Waals surface area contributed by atoms with Gasteiger partial charge in [-0.15, -0.1) is 11.3 Å². The third-order valence-corrected chi connectivity index (χ3v) is 5.84. The lowest BCUT2D eigenvalue weighted by Crippen LogP contribution is -2.84. The van der Waals surface area contributed by atoms with Gasteiger partial charge in [-0.1, -0.05) is 20.3 Å². The maximum Gasteiger partial charge on any atom is 0.260 e. The van der Waals surface area contributed by atoms with Crippen LogP contribution in [0, 0.1) is 5.92 Å². The van der Waals surface area contributed by atoms with Crippen LogP contribution in [0.3, 0.4) is 0 Å². The molecule has 1 aliphatic carbocycles. The Morgan fingerprint density at radius 2 is 2.32 bits per heavy atom. The first-order valence-corrected chi connectivity index (χ1v) is 9.29. The molecule has 2 heterocycles. The Bertz CT molecular complexity index is 718. The molecule has 0 aliphatic heterocycles. The first kappa shape index (κ1) is 15.7. The highest BCUT2D eigenvalue weighted by Gasteiger charge is 2.24. The van der Waals surface area contributed by atoms with Gasteiger partial charge in [0, 0.05) is 4.88 Å². The van der Waals surface area contributed by atoms with Crippen LogP contribution in [0.2, 0.25) is 0 Å². The summed E-state index contributed by atoms with van der Waals surface area (Å²) < 4.78 is 0. The molecule has 120 valence electrons. The zero-order valence-corrected chi connectivity index (χ0v) is 14.6. The summed E-state index contributed by atoms with van der Waals surface area (Å²) in [6.45, 7) is 7.69. The second-order valence-corrected chi connectivity index (χ2v) is 7.73. The Hall–Kier alpha value is -1.20. The number of unbranched alkanes of at least 4 members (excludes halogenated alkanes) is 1. The zero-order valence-electron chi connectivity index (χ0n) is 13.7. The molecular formula is C17H26N3OS+. The molecule has 1 aliphatic rings. The van der Waals surface area contributed by atoms with E-state index in [1.165, 1.54) is 29.7 Å². The summed E-state index contributed by atoms with van der Waals surface area (Å²) in [5, 5.41) is 3.12. The molecule has 0 bridgehead atoms. The molecule has 3 rings (SSSR count). The molecule has 0 radical (unpaired) electrons. The molecule has 0 fully saturated rings. The van der Waals surface area contributed by atoms with Crippen molar-refractivity contribution in [2.75, 3.05) is 6.54 Å². The van der Waals surface area contributed by atoms with Crippen molar-refractivity contribution in [3.8, 4) is 0 Å². The Morgan fingerprint density at radius 1 is 1.50 bits per heavy atom. The minimum atomic E-state index is 0.0581. The summed E-state index contributed by atoms with van der Waals surface area (Å²) in [6, 6.07) is 0.210. The van der Waals surface area contributed by atoms with Crippen molar-refractivity contribution in [2.45, 2.75) is 58.9 Å². The number of aromatic amines is 1. The van der Waals surface area contributed by atoms with Crippen LogP contribution in [0.1, 0.15) is 62.3 Å². The van der Waals surface area contributed by atoms with Crippen molar-refractivity contribution in [1.29, 1.82) is 0 Å². The molecular weight excluding hydrogens is 294 g/mol. The van der Waals surface area contributed by atoms with Crippen LogP contribution in [0.15, 0.2) is 4.79 Å². The van der Waals surface area contributed by atoms with Crippen LogP contribution in [0.25, 0.3) is 10.2 Å². The van der Waals surface area contributed by atoms with Crippen LogP contribution in [-0.4, -0.2) is 16.5 Å².